The van der Waals surface area contributed by atoms with E-state index in [0.717, 1.165) is 12.8 Å². The van der Waals surface area contributed by atoms with Gasteiger partial charge in [0.15, 0.2) is 6.10 Å². The average Bonchev–Trinajstić information content (AvgIpc) is 3.31. The van der Waals surface area contributed by atoms with Gasteiger partial charge in [0.05, 0.1) is 5.56 Å². The fraction of sp³-hybridized carbons (Fsp3) is 0.500. The Labute approximate surface area is 124 Å². The molecule has 0 aromatic heterocycles. The number of benzene rings is 1. The van der Waals surface area contributed by atoms with Crippen molar-refractivity contribution in [1.29, 1.82) is 5.26 Å². The molecule has 5 nitrogen and oxygen atoms in total. The number of nitrogens with zero attached hydrogens (tertiary/aromatic N) is 1. The highest BCUT2D eigenvalue weighted by Gasteiger charge is 2.32. The van der Waals surface area contributed by atoms with E-state index in [1.807, 2.05) is 6.07 Å². The van der Waals surface area contributed by atoms with Crippen molar-refractivity contribution >= 4 is 5.91 Å². The molecule has 21 heavy (non-hydrogen) atoms. The lowest BCUT2D eigenvalue weighted by Crippen LogP contribution is -2.44. The van der Waals surface area contributed by atoms with Gasteiger partial charge in [0, 0.05) is 12.6 Å². The third-order valence-corrected chi connectivity index (χ3v) is 3.64. The maximum atomic E-state index is 12.2. The first kappa shape index (κ1) is 15.3. The normalized spacial score (nSPS) is 16.6. The van der Waals surface area contributed by atoms with Crippen LogP contribution in [0.5, 0.6) is 5.75 Å². The number of rotatable bonds is 7. The van der Waals surface area contributed by atoms with Gasteiger partial charge in [0.2, 0.25) is 0 Å². The predicted molar refractivity (Wildman–Crippen MR) is 77.6 cm³/mol. The van der Waals surface area contributed by atoms with E-state index in [-0.39, 0.29) is 18.6 Å². The van der Waals surface area contributed by atoms with E-state index in [4.69, 9.17) is 15.1 Å². The highest BCUT2D eigenvalue weighted by molar-refractivity contribution is 5.81. The number of para-hydroxylation sites is 1. The van der Waals surface area contributed by atoms with E-state index in [0.29, 0.717) is 23.7 Å². The minimum atomic E-state index is -0.681. The first-order chi connectivity index (χ1) is 10.2. The number of aliphatic hydroxyl groups excluding tert-OH is 1. The molecule has 0 aliphatic heterocycles. The molecule has 1 saturated carbocycles. The van der Waals surface area contributed by atoms with Crippen LogP contribution in [0.3, 0.4) is 0 Å². The summed E-state index contributed by atoms with van der Waals surface area (Å²) in [6.45, 7) is 1.72. The molecular weight excluding hydrogens is 268 g/mol. The van der Waals surface area contributed by atoms with Crippen molar-refractivity contribution in [2.75, 3.05) is 6.61 Å². The van der Waals surface area contributed by atoms with E-state index in [1.165, 1.54) is 0 Å². The lowest BCUT2D eigenvalue weighted by Gasteiger charge is -2.21. The molecule has 1 aliphatic rings. The van der Waals surface area contributed by atoms with Gasteiger partial charge in [-0.05, 0) is 44.2 Å². The molecule has 0 saturated heterocycles. The molecule has 2 N–H and O–H groups in total. The smallest absolute Gasteiger partial charge is 0.261 e. The summed E-state index contributed by atoms with van der Waals surface area (Å²) in [5.74, 6) is 0.667. The Balaban J connectivity index is 1.94. The fourth-order valence-electron chi connectivity index (χ4n) is 2.27. The van der Waals surface area contributed by atoms with Crippen molar-refractivity contribution < 1.29 is 14.6 Å². The van der Waals surface area contributed by atoms with Crippen LogP contribution in [0.1, 0.15) is 31.7 Å². The monoisotopic (exact) mass is 288 g/mol. The molecule has 1 amide bonds. The lowest BCUT2D eigenvalue weighted by atomic mass is 10.1. The molecule has 1 aliphatic carbocycles. The van der Waals surface area contributed by atoms with Crippen molar-refractivity contribution in [3.63, 3.8) is 0 Å². The zero-order valence-electron chi connectivity index (χ0n) is 12.1. The second-order valence-electron chi connectivity index (χ2n) is 5.33. The van der Waals surface area contributed by atoms with Crippen LogP contribution in [-0.2, 0) is 4.79 Å². The van der Waals surface area contributed by atoms with Gasteiger partial charge in [-0.25, -0.2) is 0 Å². The Kier molecular flexibility index (Phi) is 5.18. The van der Waals surface area contributed by atoms with Crippen LogP contribution in [0.2, 0.25) is 0 Å². The maximum absolute atomic E-state index is 12.2. The number of aliphatic hydroxyl groups is 1. The number of carbonyl (C=O) groups is 1. The van der Waals surface area contributed by atoms with Crippen molar-refractivity contribution in [2.24, 2.45) is 5.92 Å². The molecule has 2 rings (SSSR count). The predicted octanol–water partition coefficient (Wildman–Crippen LogP) is 1.60. The zero-order valence-corrected chi connectivity index (χ0v) is 12.1. The third kappa shape index (κ3) is 4.20. The van der Waals surface area contributed by atoms with Gasteiger partial charge in [-0.2, -0.15) is 5.26 Å². The number of amides is 1. The third-order valence-electron chi connectivity index (χ3n) is 3.64. The minimum absolute atomic E-state index is 0.0137. The molecule has 0 radical (unpaired) electrons. The molecule has 2 atom stereocenters. The van der Waals surface area contributed by atoms with Gasteiger partial charge >= 0.3 is 0 Å². The molecule has 1 aromatic rings. The highest BCUT2D eigenvalue weighted by atomic mass is 16.5. The maximum Gasteiger partial charge on any atom is 0.261 e. The molecule has 5 heteroatoms. The van der Waals surface area contributed by atoms with E-state index >= 15 is 0 Å². The topological polar surface area (TPSA) is 82.3 Å². The second kappa shape index (κ2) is 7.09. The molecule has 112 valence electrons. The number of nitrogens with one attached hydrogen (secondary N) is 1. The summed E-state index contributed by atoms with van der Waals surface area (Å²) in [4.78, 5) is 12.2. The van der Waals surface area contributed by atoms with Crippen LogP contribution in [0.25, 0.3) is 0 Å². The van der Waals surface area contributed by atoms with Gasteiger partial charge in [0.1, 0.15) is 11.8 Å². The lowest BCUT2D eigenvalue weighted by molar-refractivity contribution is -0.128. The average molecular weight is 288 g/mol. The Morgan fingerprint density at radius 1 is 1.52 bits per heavy atom. The molecule has 0 spiro atoms. The number of nitriles is 1. The standard InChI is InChI=1S/C16H20N2O3/c1-11(21-15-5-3-2-4-13(15)10-17)16(20)18-14(8-9-19)12-6-7-12/h2-5,11-12,14,19H,6-9H2,1H3,(H,18,20). The Morgan fingerprint density at radius 3 is 2.86 bits per heavy atom. The molecule has 2 unspecified atom stereocenters. The SMILES string of the molecule is CC(Oc1ccccc1C#N)C(=O)NC(CCO)C1CC1. The summed E-state index contributed by atoms with van der Waals surface area (Å²) in [6, 6.07) is 8.89. The number of hydrogen-bond acceptors (Lipinski definition) is 4. The summed E-state index contributed by atoms with van der Waals surface area (Å²) < 4.78 is 5.58. The van der Waals surface area contributed by atoms with Crippen molar-refractivity contribution in [3.05, 3.63) is 29.8 Å². The molecular formula is C16H20N2O3. The molecule has 1 fully saturated rings. The van der Waals surface area contributed by atoms with Gasteiger partial charge in [-0.15, -0.1) is 0 Å². The molecule has 1 aromatic carbocycles. The van der Waals surface area contributed by atoms with Crippen molar-refractivity contribution in [3.8, 4) is 11.8 Å². The van der Waals surface area contributed by atoms with Gasteiger partial charge < -0.3 is 15.2 Å². The second-order valence-corrected chi connectivity index (χ2v) is 5.33. The number of hydrogen-bond donors (Lipinski definition) is 2. The van der Waals surface area contributed by atoms with Crippen LogP contribution >= 0.6 is 0 Å². The van der Waals surface area contributed by atoms with Crippen LogP contribution in [0, 0.1) is 17.2 Å². The number of carbonyl (C=O) groups excluding carboxylic acids is 1. The summed E-state index contributed by atoms with van der Waals surface area (Å²) in [5.41, 5.74) is 0.409. The fourth-order valence-corrected chi connectivity index (χ4v) is 2.27. The highest BCUT2D eigenvalue weighted by Crippen LogP contribution is 2.34. The van der Waals surface area contributed by atoms with Gasteiger partial charge in [0.25, 0.3) is 5.91 Å². The van der Waals surface area contributed by atoms with Crippen LogP contribution in [0.15, 0.2) is 24.3 Å². The van der Waals surface area contributed by atoms with E-state index in [1.54, 1.807) is 31.2 Å². The Hall–Kier alpha value is -2.06. The van der Waals surface area contributed by atoms with Crippen LogP contribution < -0.4 is 10.1 Å². The van der Waals surface area contributed by atoms with Crippen LogP contribution in [-0.4, -0.2) is 29.8 Å². The summed E-state index contributed by atoms with van der Waals surface area (Å²) in [6.07, 6.45) is 2.08. The summed E-state index contributed by atoms with van der Waals surface area (Å²) in [7, 11) is 0. The quantitative estimate of drug-likeness (QED) is 0.798. The first-order valence-corrected chi connectivity index (χ1v) is 7.22. The van der Waals surface area contributed by atoms with Crippen LogP contribution in [0.4, 0.5) is 0 Å². The molecule has 0 bridgehead atoms. The Bertz CT molecular complexity index is 535. The van der Waals surface area contributed by atoms with Crippen molar-refractivity contribution in [1.82, 2.24) is 5.32 Å². The van der Waals surface area contributed by atoms with Gasteiger partial charge in [-0.3, -0.25) is 4.79 Å². The van der Waals surface area contributed by atoms with E-state index in [9.17, 15) is 4.79 Å². The summed E-state index contributed by atoms with van der Waals surface area (Å²) in [5, 5.41) is 21.0. The van der Waals surface area contributed by atoms with E-state index < -0.39 is 6.10 Å². The minimum Gasteiger partial charge on any atom is -0.480 e. The zero-order chi connectivity index (χ0) is 15.2. The first-order valence-electron chi connectivity index (χ1n) is 7.22. The largest absolute Gasteiger partial charge is 0.480 e. The number of ether oxygens (including phenoxy) is 1. The van der Waals surface area contributed by atoms with E-state index in [2.05, 4.69) is 5.32 Å². The summed E-state index contributed by atoms with van der Waals surface area (Å²) >= 11 is 0. The van der Waals surface area contributed by atoms with Gasteiger partial charge in [-0.1, -0.05) is 12.1 Å². The molecule has 0 heterocycles. The van der Waals surface area contributed by atoms with Crippen molar-refractivity contribution in [2.45, 2.75) is 38.3 Å². The Morgan fingerprint density at radius 2 is 2.24 bits per heavy atom.